The number of benzene rings is 1. The summed E-state index contributed by atoms with van der Waals surface area (Å²) in [5.41, 5.74) is 1.21. The second-order valence-corrected chi connectivity index (χ2v) is 4.74. The molecule has 1 rings (SSSR count). The number of esters is 1. The zero-order valence-electron chi connectivity index (χ0n) is 12.5. The van der Waals surface area contributed by atoms with Crippen LogP contribution in [0.15, 0.2) is 24.3 Å². The van der Waals surface area contributed by atoms with Gasteiger partial charge in [-0.15, -0.1) is 0 Å². The molecule has 0 atom stereocenters. The van der Waals surface area contributed by atoms with Crippen molar-refractivity contribution in [2.75, 3.05) is 19.0 Å². The smallest absolute Gasteiger partial charge is 0.330 e. The van der Waals surface area contributed by atoms with E-state index in [1.54, 1.807) is 19.9 Å². The minimum atomic E-state index is -0.614. The van der Waals surface area contributed by atoms with Gasteiger partial charge < -0.3 is 15.4 Å². The van der Waals surface area contributed by atoms with E-state index >= 15 is 0 Å². The first-order valence-electron chi connectivity index (χ1n) is 6.57. The molecule has 0 aliphatic rings. The third kappa shape index (κ3) is 4.89. The van der Waals surface area contributed by atoms with Crippen LogP contribution >= 0.6 is 11.6 Å². The number of carbonyl (C=O) groups is 3. The van der Waals surface area contributed by atoms with Gasteiger partial charge in [-0.3, -0.25) is 9.59 Å². The van der Waals surface area contributed by atoms with Gasteiger partial charge in [0.05, 0.1) is 17.9 Å². The molecule has 1 aromatic carbocycles. The highest BCUT2D eigenvalue weighted by Gasteiger charge is 2.15. The number of amides is 2. The Morgan fingerprint density at radius 1 is 1.27 bits per heavy atom. The molecule has 0 aromatic heterocycles. The van der Waals surface area contributed by atoms with Gasteiger partial charge in [0.2, 0.25) is 5.91 Å². The monoisotopic (exact) mass is 324 g/mol. The summed E-state index contributed by atoms with van der Waals surface area (Å²) in [5.74, 6) is -1.55. The highest BCUT2D eigenvalue weighted by molar-refractivity contribution is 6.31. The van der Waals surface area contributed by atoms with Gasteiger partial charge in [-0.1, -0.05) is 11.6 Å². The summed E-state index contributed by atoms with van der Waals surface area (Å²) in [5, 5.41) is 5.43. The van der Waals surface area contributed by atoms with Crippen LogP contribution in [0, 0.1) is 6.92 Å². The van der Waals surface area contributed by atoms with Crippen molar-refractivity contribution in [1.29, 1.82) is 0 Å². The quantitative estimate of drug-likeness (QED) is 0.641. The van der Waals surface area contributed by atoms with E-state index in [1.165, 1.54) is 13.1 Å². The van der Waals surface area contributed by atoms with Crippen molar-refractivity contribution >= 4 is 35.1 Å². The van der Waals surface area contributed by atoms with Crippen molar-refractivity contribution in [3.63, 3.8) is 0 Å². The number of ether oxygens (including phenoxy) is 1. The second kappa shape index (κ2) is 8.19. The van der Waals surface area contributed by atoms with E-state index in [-0.39, 0.29) is 18.1 Å². The standard InChI is InChI=1S/C15H17ClN2O4/c1-4-22-13(20)6-5-12(19)18-14-9(2)7-10(16)8-11(14)15(21)17-3/h5-8H,4H2,1-3H3,(H,17,21)(H,18,19)/b6-5+. The molecule has 0 radical (unpaired) electrons. The lowest BCUT2D eigenvalue weighted by atomic mass is 10.1. The molecule has 7 heteroatoms. The minimum Gasteiger partial charge on any atom is -0.463 e. The molecule has 22 heavy (non-hydrogen) atoms. The molecular weight excluding hydrogens is 308 g/mol. The molecule has 0 spiro atoms. The highest BCUT2D eigenvalue weighted by atomic mass is 35.5. The molecule has 0 saturated carbocycles. The largest absolute Gasteiger partial charge is 0.463 e. The molecule has 0 aliphatic heterocycles. The number of rotatable bonds is 5. The summed E-state index contributed by atoms with van der Waals surface area (Å²) < 4.78 is 4.67. The number of nitrogens with one attached hydrogen (secondary N) is 2. The lowest BCUT2D eigenvalue weighted by Crippen LogP contribution is -2.21. The molecule has 2 N–H and O–H groups in total. The van der Waals surface area contributed by atoms with Crippen LogP contribution in [-0.4, -0.2) is 31.4 Å². The zero-order chi connectivity index (χ0) is 16.7. The van der Waals surface area contributed by atoms with Gasteiger partial charge in [0.25, 0.3) is 5.91 Å². The Kier molecular flexibility index (Phi) is 6.59. The average Bonchev–Trinajstić information content (AvgIpc) is 2.47. The summed E-state index contributed by atoms with van der Waals surface area (Å²) in [6, 6.07) is 3.08. The molecule has 0 unspecified atom stereocenters. The summed E-state index contributed by atoms with van der Waals surface area (Å²) in [6.45, 7) is 3.60. The fourth-order valence-corrected chi connectivity index (χ4v) is 1.99. The van der Waals surface area contributed by atoms with Gasteiger partial charge in [-0.2, -0.15) is 0 Å². The van der Waals surface area contributed by atoms with Gasteiger partial charge >= 0.3 is 5.97 Å². The third-order valence-corrected chi connectivity index (χ3v) is 2.90. The summed E-state index contributed by atoms with van der Waals surface area (Å²) in [6.07, 6.45) is 2.06. The average molecular weight is 325 g/mol. The number of halogens is 1. The first-order valence-corrected chi connectivity index (χ1v) is 6.94. The summed E-state index contributed by atoms with van der Waals surface area (Å²) >= 11 is 5.93. The first-order chi connectivity index (χ1) is 10.4. The second-order valence-electron chi connectivity index (χ2n) is 4.30. The van der Waals surface area contributed by atoms with Crippen molar-refractivity contribution in [1.82, 2.24) is 5.32 Å². The van der Waals surface area contributed by atoms with Gasteiger partial charge in [0, 0.05) is 24.2 Å². The molecule has 118 valence electrons. The van der Waals surface area contributed by atoms with E-state index in [1.807, 2.05) is 0 Å². The Hall–Kier alpha value is -2.34. The van der Waals surface area contributed by atoms with E-state index in [0.29, 0.717) is 16.3 Å². The van der Waals surface area contributed by atoms with Crippen LogP contribution in [0.3, 0.4) is 0 Å². The van der Waals surface area contributed by atoms with Crippen LogP contribution in [0.25, 0.3) is 0 Å². The summed E-state index contributed by atoms with van der Waals surface area (Å²) in [4.78, 5) is 34.9. The Balaban J connectivity index is 3.00. The molecule has 2 amide bonds. The normalized spacial score (nSPS) is 10.4. The molecule has 1 aromatic rings. The lowest BCUT2D eigenvalue weighted by molar-refractivity contribution is -0.137. The minimum absolute atomic E-state index is 0.224. The van der Waals surface area contributed by atoms with E-state index < -0.39 is 11.9 Å². The van der Waals surface area contributed by atoms with Crippen molar-refractivity contribution in [3.8, 4) is 0 Å². The zero-order valence-corrected chi connectivity index (χ0v) is 13.3. The van der Waals surface area contributed by atoms with E-state index in [0.717, 1.165) is 12.2 Å². The number of hydrogen-bond acceptors (Lipinski definition) is 4. The summed E-state index contributed by atoms with van der Waals surface area (Å²) in [7, 11) is 1.48. The van der Waals surface area contributed by atoms with Gasteiger partial charge in [-0.25, -0.2) is 4.79 Å². The fraction of sp³-hybridized carbons (Fsp3) is 0.267. The third-order valence-electron chi connectivity index (χ3n) is 2.68. The van der Waals surface area contributed by atoms with Crippen LogP contribution in [-0.2, 0) is 14.3 Å². The van der Waals surface area contributed by atoms with Crippen molar-refractivity contribution < 1.29 is 19.1 Å². The highest BCUT2D eigenvalue weighted by Crippen LogP contribution is 2.25. The van der Waals surface area contributed by atoms with E-state index in [9.17, 15) is 14.4 Å². The Bertz CT molecular complexity index is 626. The first kappa shape index (κ1) is 17.7. The van der Waals surface area contributed by atoms with Gasteiger partial charge in [0.1, 0.15) is 0 Å². The maximum atomic E-state index is 11.9. The maximum Gasteiger partial charge on any atom is 0.330 e. The molecule has 0 saturated heterocycles. The molecule has 0 heterocycles. The van der Waals surface area contributed by atoms with Gasteiger partial charge in [0.15, 0.2) is 0 Å². The van der Waals surface area contributed by atoms with Crippen LogP contribution < -0.4 is 10.6 Å². The van der Waals surface area contributed by atoms with E-state index in [4.69, 9.17) is 11.6 Å². The SMILES string of the molecule is CCOC(=O)/C=C/C(=O)Nc1c(C)cc(Cl)cc1C(=O)NC. The Morgan fingerprint density at radius 3 is 2.55 bits per heavy atom. The number of carbonyl (C=O) groups excluding carboxylic acids is 3. The molecular formula is C15H17ClN2O4. The maximum absolute atomic E-state index is 11.9. The Morgan fingerprint density at radius 2 is 1.95 bits per heavy atom. The predicted octanol–water partition coefficient (Wildman–Crippen LogP) is 2.07. The molecule has 0 aliphatic carbocycles. The van der Waals surface area contributed by atoms with Crippen LogP contribution in [0.2, 0.25) is 5.02 Å². The fourth-order valence-electron chi connectivity index (χ4n) is 1.72. The number of anilines is 1. The van der Waals surface area contributed by atoms with Crippen molar-refractivity contribution in [2.24, 2.45) is 0 Å². The van der Waals surface area contributed by atoms with Crippen LogP contribution in [0.1, 0.15) is 22.8 Å². The van der Waals surface area contributed by atoms with Crippen LogP contribution in [0.4, 0.5) is 5.69 Å². The Labute approximate surface area is 133 Å². The van der Waals surface area contributed by atoms with Crippen LogP contribution in [0.5, 0.6) is 0 Å². The molecule has 0 fully saturated rings. The number of hydrogen-bond donors (Lipinski definition) is 2. The van der Waals surface area contributed by atoms with E-state index in [2.05, 4.69) is 15.4 Å². The van der Waals surface area contributed by atoms with Crippen molar-refractivity contribution in [2.45, 2.75) is 13.8 Å². The molecule has 0 bridgehead atoms. The molecule has 6 nitrogen and oxygen atoms in total. The topological polar surface area (TPSA) is 84.5 Å². The number of aryl methyl sites for hydroxylation is 1. The lowest BCUT2D eigenvalue weighted by Gasteiger charge is -2.12. The van der Waals surface area contributed by atoms with Crippen molar-refractivity contribution in [3.05, 3.63) is 40.4 Å². The van der Waals surface area contributed by atoms with Gasteiger partial charge in [-0.05, 0) is 31.5 Å². The predicted molar refractivity (Wildman–Crippen MR) is 84.0 cm³/mol.